The van der Waals surface area contributed by atoms with Crippen LogP contribution < -0.4 is 5.32 Å². The minimum absolute atomic E-state index is 0.0445. The van der Waals surface area contributed by atoms with Crippen molar-refractivity contribution >= 4 is 27.5 Å². The molecule has 21 heavy (non-hydrogen) atoms. The number of likely N-dealkylation sites (N-methyl/N-ethyl adjacent to an activating group) is 1. The minimum Gasteiger partial charge on any atom is -0.310 e. The van der Waals surface area contributed by atoms with Crippen LogP contribution in [0.15, 0.2) is 40.9 Å². The van der Waals surface area contributed by atoms with Crippen molar-refractivity contribution < 1.29 is 4.39 Å². The monoisotopic (exact) mass is 369 g/mol. The summed E-state index contributed by atoms with van der Waals surface area (Å²) in [4.78, 5) is 0. The van der Waals surface area contributed by atoms with Gasteiger partial charge in [-0.15, -0.1) is 0 Å². The smallest absolute Gasteiger partial charge is 0.127 e. The quantitative estimate of drug-likeness (QED) is 0.738. The topological polar surface area (TPSA) is 12.0 Å². The number of benzene rings is 2. The van der Waals surface area contributed by atoms with Crippen molar-refractivity contribution in [2.45, 2.75) is 26.3 Å². The van der Waals surface area contributed by atoms with Gasteiger partial charge in [0.2, 0.25) is 0 Å². The summed E-state index contributed by atoms with van der Waals surface area (Å²) in [5, 5.41) is 4.12. The Hall–Kier alpha value is -0.900. The summed E-state index contributed by atoms with van der Waals surface area (Å²) in [6, 6.07) is 11.2. The van der Waals surface area contributed by atoms with Crippen LogP contribution in [-0.4, -0.2) is 6.54 Å². The normalized spacial score (nSPS) is 12.4. The van der Waals surface area contributed by atoms with Crippen molar-refractivity contribution in [1.29, 1.82) is 0 Å². The molecule has 0 aliphatic rings. The minimum atomic E-state index is -0.189. The third-order valence-electron chi connectivity index (χ3n) is 3.36. The molecule has 0 amide bonds. The second-order valence-electron chi connectivity index (χ2n) is 5.11. The van der Waals surface area contributed by atoms with Gasteiger partial charge in [0.05, 0.1) is 0 Å². The molecule has 1 N–H and O–H groups in total. The SMILES string of the molecule is CCNC(Cc1ccc(Br)cc1F)c1cc(C)cc(Cl)c1. The molecule has 0 fully saturated rings. The summed E-state index contributed by atoms with van der Waals surface area (Å²) in [6.07, 6.45) is 0.590. The molecule has 2 rings (SSSR count). The summed E-state index contributed by atoms with van der Waals surface area (Å²) in [5.74, 6) is -0.189. The van der Waals surface area contributed by atoms with E-state index in [4.69, 9.17) is 11.6 Å². The molecule has 0 aliphatic heterocycles. The highest BCUT2D eigenvalue weighted by Crippen LogP contribution is 2.25. The predicted molar refractivity (Wildman–Crippen MR) is 90.4 cm³/mol. The molecule has 1 unspecified atom stereocenters. The van der Waals surface area contributed by atoms with Gasteiger partial charge < -0.3 is 5.32 Å². The Labute approximate surface area is 138 Å². The third kappa shape index (κ3) is 4.53. The molecule has 0 heterocycles. The number of nitrogens with one attached hydrogen (secondary N) is 1. The van der Waals surface area contributed by atoms with E-state index in [0.717, 1.165) is 22.1 Å². The number of rotatable bonds is 5. The van der Waals surface area contributed by atoms with Crippen molar-refractivity contribution in [3.63, 3.8) is 0 Å². The summed E-state index contributed by atoms with van der Waals surface area (Å²) < 4.78 is 14.8. The van der Waals surface area contributed by atoms with E-state index in [2.05, 4.69) is 27.3 Å². The van der Waals surface area contributed by atoms with Crippen molar-refractivity contribution in [2.24, 2.45) is 0 Å². The van der Waals surface area contributed by atoms with E-state index in [-0.39, 0.29) is 11.9 Å². The molecule has 0 saturated carbocycles. The van der Waals surface area contributed by atoms with E-state index >= 15 is 0 Å². The average molecular weight is 371 g/mol. The van der Waals surface area contributed by atoms with Crippen molar-refractivity contribution in [3.05, 3.63) is 68.4 Å². The van der Waals surface area contributed by atoms with Crippen LogP contribution in [0.1, 0.15) is 29.7 Å². The Kier molecular flexibility index (Phi) is 5.80. The van der Waals surface area contributed by atoms with E-state index < -0.39 is 0 Å². The maximum atomic E-state index is 14.0. The Balaban J connectivity index is 2.30. The van der Waals surface area contributed by atoms with Crippen LogP contribution in [-0.2, 0) is 6.42 Å². The molecule has 1 nitrogen and oxygen atoms in total. The second kappa shape index (κ2) is 7.39. The van der Waals surface area contributed by atoms with Gasteiger partial charge in [-0.25, -0.2) is 4.39 Å². The first kappa shape index (κ1) is 16.5. The zero-order valence-electron chi connectivity index (χ0n) is 12.1. The summed E-state index contributed by atoms with van der Waals surface area (Å²) in [7, 11) is 0. The summed E-state index contributed by atoms with van der Waals surface area (Å²) in [6.45, 7) is 4.87. The predicted octanol–water partition coefficient (Wildman–Crippen LogP) is 5.44. The van der Waals surface area contributed by atoms with Crippen molar-refractivity contribution in [1.82, 2.24) is 5.32 Å². The molecular formula is C17H18BrClFN. The van der Waals surface area contributed by atoms with Gasteiger partial charge in [-0.3, -0.25) is 0 Å². The molecule has 0 spiro atoms. The molecule has 0 radical (unpaired) electrons. The van der Waals surface area contributed by atoms with Gasteiger partial charge >= 0.3 is 0 Å². The number of halogens is 3. The van der Waals surface area contributed by atoms with Crippen LogP contribution >= 0.6 is 27.5 Å². The van der Waals surface area contributed by atoms with E-state index in [0.29, 0.717) is 17.0 Å². The van der Waals surface area contributed by atoms with Crippen LogP contribution in [0.5, 0.6) is 0 Å². The first-order valence-corrected chi connectivity index (χ1v) is 8.11. The van der Waals surface area contributed by atoms with Gasteiger partial charge in [0.25, 0.3) is 0 Å². The van der Waals surface area contributed by atoms with Gasteiger partial charge in [0.1, 0.15) is 5.82 Å². The highest BCUT2D eigenvalue weighted by Gasteiger charge is 2.15. The Morgan fingerprint density at radius 2 is 2.00 bits per heavy atom. The molecule has 0 aromatic heterocycles. The maximum Gasteiger partial charge on any atom is 0.127 e. The van der Waals surface area contributed by atoms with E-state index in [9.17, 15) is 4.39 Å². The lowest BCUT2D eigenvalue weighted by Gasteiger charge is -2.20. The Morgan fingerprint density at radius 1 is 1.24 bits per heavy atom. The van der Waals surface area contributed by atoms with Crippen LogP contribution in [0.3, 0.4) is 0 Å². The van der Waals surface area contributed by atoms with Gasteiger partial charge in [0.15, 0.2) is 0 Å². The molecule has 0 aliphatic carbocycles. The van der Waals surface area contributed by atoms with Crippen molar-refractivity contribution in [3.8, 4) is 0 Å². The summed E-state index contributed by atoms with van der Waals surface area (Å²) >= 11 is 9.43. The fraction of sp³-hybridized carbons (Fsp3) is 0.294. The Morgan fingerprint density at radius 3 is 2.62 bits per heavy atom. The molecule has 1 atom stereocenters. The first-order valence-electron chi connectivity index (χ1n) is 6.94. The fourth-order valence-corrected chi connectivity index (χ4v) is 3.06. The highest BCUT2D eigenvalue weighted by molar-refractivity contribution is 9.10. The molecule has 4 heteroatoms. The number of hydrogen-bond donors (Lipinski definition) is 1. The highest BCUT2D eigenvalue weighted by atomic mass is 79.9. The third-order valence-corrected chi connectivity index (χ3v) is 4.07. The van der Waals surface area contributed by atoms with Crippen LogP contribution in [0.2, 0.25) is 5.02 Å². The zero-order valence-corrected chi connectivity index (χ0v) is 14.4. The van der Waals surface area contributed by atoms with Crippen LogP contribution in [0, 0.1) is 12.7 Å². The molecule has 2 aromatic carbocycles. The summed E-state index contributed by atoms with van der Waals surface area (Å²) in [5.41, 5.74) is 2.89. The van der Waals surface area contributed by atoms with Crippen molar-refractivity contribution in [2.75, 3.05) is 6.54 Å². The zero-order chi connectivity index (χ0) is 15.4. The Bertz CT molecular complexity index is 610. The standard InChI is InChI=1S/C17H18BrClFN/c1-3-21-17(13-6-11(2)7-15(19)8-13)9-12-4-5-14(18)10-16(12)20/h4-8,10,17,21H,3,9H2,1-2H3. The van der Waals surface area contributed by atoms with E-state index in [1.807, 2.05) is 38.1 Å². The lowest BCUT2D eigenvalue weighted by Crippen LogP contribution is -2.23. The molecule has 2 aromatic rings. The number of hydrogen-bond acceptors (Lipinski definition) is 1. The van der Waals surface area contributed by atoms with Crippen LogP contribution in [0.4, 0.5) is 4.39 Å². The lowest BCUT2D eigenvalue weighted by atomic mass is 9.97. The molecule has 112 valence electrons. The average Bonchev–Trinajstić information content (AvgIpc) is 2.40. The first-order chi connectivity index (χ1) is 9.99. The maximum absolute atomic E-state index is 14.0. The lowest BCUT2D eigenvalue weighted by molar-refractivity contribution is 0.527. The van der Waals surface area contributed by atoms with E-state index in [1.54, 1.807) is 0 Å². The molecule has 0 bridgehead atoms. The molecule has 0 saturated heterocycles. The second-order valence-corrected chi connectivity index (χ2v) is 6.46. The van der Waals surface area contributed by atoms with E-state index in [1.165, 1.54) is 6.07 Å². The fourth-order valence-electron chi connectivity index (χ4n) is 2.43. The molecular weight excluding hydrogens is 353 g/mol. The van der Waals surface area contributed by atoms with Gasteiger partial charge in [0, 0.05) is 15.5 Å². The van der Waals surface area contributed by atoms with Gasteiger partial charge in [-0.1, -0.05) is 46.6 Å². The number of aryl methyl sites for hydroxylation is 1. The van der Waals surface area contributed by atoms with Gasteiger partial charge in [-0.05, 0) is 60.8 Å². The largest absolute Gasteiger partial charge is 0.310 e. The van der Waals surface area contributed by atoms with Crippen LogP contribution in [0.25, 0.3) is 0 Å². The van der Waals surface area contributed by atoms with Gasteiger partial charge in [-0.2, -0.15) is 0 Å².